The van der Waals surface area contributed by atoms with Crippen molar-refractivity contribution in [3.63, 3.8) is 0 Å². The van der Waals surface area contributed by atoms with Crippen LogP contribution in [-0.4, -0.2) is 25.4 Å². The second-order valence-electron chi connectivity index (χ2n) is 5.00. The van der Waals surface area contributed by atoms with Crippen LogP contribution in [0.2, 0.25) is 0 Å². The van der Waals surface area contributed by atoms with E-state index in [1.165, 1.54) is 12.1 Å². The number of hydrogen-bond donors (Lipinski definition) is 3. The molecule has 8 heteroatoms. The standard InChI is InChI=1S/C17H16N2O5S/c20-16(10-11-17(21)22)18-12-13-6-8-14(9-7-13)19-25(23,24)15-4-2-1-3-5-15/h1-11,19H,12H2,(H,18,20)(H,21,22)/b11-10-. The van der Waals surface area contributed by atoms with Gasteiger partial charge in [-0.3, -0.25) is 9.52 Å². The summed E-state index contributed by atoms with van der Waals surface area (Å²) in [6.07, 6.45) is 1.67. The SMILES string of the molecule is O=C(O)/C=C\C(=O)NCc1ccc(NS(=O)(=O)c2ccccc2)cc1. The number of anilines is 1. The van der Waals surface area contributed by atoms with Crippen molar-refractivity contribution in [1.82, 2.24) is 5.32 Å². The first-order valence-corrected chi connectivity index (χ1v) is 8.71. The molecule has 2 aromatic rings. The van der Waals surface area contributed by atoms with Gasteiger partial charge >= 0.3 is 5.97 Å². The molecule has 0 aliphatic rings. The molecule has 0 aromatic heterocycles. The van der Waals surface area contributed by atoms with Gasteiger partial charge in [-0.05, 0) is 29.8 Å². The molecule has 0 aliphatic heterocycles. The molecule has 2 rings (SSSR count). The van der Waals surface area contributed by atoms with Crippen molar-refractivity contribution in [2.75, 3.05) is 4.72 Å². The van der Waals surface area contributed by atoms with E-state index in [2.05, 4.69) is 10.0 Å². The monoisotopic (exact) mass is 360 g/mol. The first-order chi connectivity index (χ1) is 11.9. The van der Waals surface area contributed by atoms with E-state index >= 15 is 0 Å². The van der Waals surface area contributed by atoms with E-state index in [1.807, 2.05) is 0 Å². The lowest BCUT2D eigenvalue weighted by molar-refractivity contribution is -0.131. The topological polar surface area (TPSA) is 113 Å². The van der Waals surface area contributed by atoms with E-state index in [0.29, 0.717) is 5.69 Å². The number of nitrogens with one attached hydrogen (secondary N) is 2. The van der Waals surface area contributed by atoms with Crippen LogP contribution in [0.1, 0.15) is 5.56 Å². The van der Waals surface area contributed by atoms with E-state index in [4.69, 9.17) is 5.11 Å². The lowest BCUT2D eigenvalue weighted by Crippen LogP contribution is -2.20. The maximum atomic E-state index is 12.2. The average molecular weight is 360 g/mol. The molecule has 0 atom stereocenters. The highest BCUT2D eigenvalue weighted by Gasteiger charge is 2.13. The van der Waals surface area contributed by atoms with Crippen molar-refractivity contribution in [1.29, 1.82) is 0 Å². The van der Waals surface area contributed by atoms with Crippen LogP contribution in [0.4, 0.5) is 5.69 Å². The molecule has 0 fully saturated rings. The number of rotatable bonds is 7. The molecule has 2 aromatic carbocycles. The Bertz CT molecular complexity index is 875. The Morgan fingerprint density at radius 3 is 2.20 bits per heavy atom. The minimum atomic E-state index is -3.65. The zero-order valence-corrected chi connectivity index (χ0v) is 13.9. The maximum absolute atomic E-state index is 12.2. The molecule has 0 saturated carbocycles. The summed E-state index contributed by atoms with van der Waals surface area (Å²) in [5.74, 6) is -1.73. The van der Waals surface area contributed by atoms with Crippen LogP contribution >= 0.6 is 0 Å². The largest absolute Gasteiger partial charge is 0.478 e. The van der Waals surface area contributed by atoms with Crippen molar-refractivity contribution in [2.45, 2.75) is 11.4 Å². The third kappa shape index (κ3) is 5.78. The van der Waals surface area contributed by atoms with E-state index < -0.39 is 21.9 Å². The summed E-state index contributed by atoms with van der Waals surface area (Å²) < 4.78 is 26.9. The van der Waals surface area contributed by atoms with Gasteiger partial charge in [0, 0.05) is 24.4 Å². The Kier molecular flexibility index (Phi) is 5.91. The van der Waals surface area contributed by atoms with Crippen LogP contribution in [0, 0.1) is 0 Å². The summed E-state index contributed by atoms with van der Waals surface area (Å²) in [7, 11) is -3.65. The first kappa shape index (κ1) is 18.2. The van der Waals surface area contributed by atoms with E-state index in [9.17, 15) is 18.0 Å². The Morgan fingerprint density at radius 2 is 1.60 bits per heavy atom. The summed E-state index contributed by atoms with van der Waals surface area (Å²) in [6, 6.07) is 14.5. The van der Waals surface area contributed by atoms with Crippen molar-refractivity contribution in [3.05, 3.63) is 72.3 Å². The van der Waals surface area contributed by atoms with Crippen molar-refractivity contribution in [3.8, 4) is 0 Å². The fraction of sp³-hybridized carbons (Fsp3) is 0.0588. The molecule has 0 unspecified atom stereocenters. The summed E-state index contributed by atoms with van der Waals surface area (Å²) in [6.45, 7) is 0.189. The van der Waals surface area contributed by atoms with Crippen molar-refractivity contribution < 1.29 is 23.1 Å². The molecule has 0 aliphatic carbocycles. The van der Waals surface area contributed by atoms with E-state index in [-0.39, 0.29) is 11.4 Å². The van der Waals surface area contributed by atoms with Crippen LogP contribution in [0.5, 0.6) is 0 Å². The number of hydrogen-bond acceptors (Lipinski definition) is 4. The molecule has 25 heavy (non-hydrogen) atoms. The summed E-state index contributed by atoms with van der Waals surface area (Å²) in [5, 5.41) is 11.0. The molecule has 7 nitrogen and oxygen atoms in total. The van der Waals surface area contributed by atoms with Gasteiger partial charge in [-0.15, -0.1) is 0 Å². The van der Waals surface area contributed by atoms with Crippen LogP contribution < -0.4 is 10.0 Å². The normalized spacial score (nSPS) is 11.2. The van der Waals surface area contributed by atoms with Crippen LogP contribution in [-0.2, 0) is 26.2 Å². The molecule has 0 spiro atoms. The number of carbonyl (C=O) groups excluding carboxylic acids is 1. The van der Waals surface area contributed by atoms with Gasteiger partial charge in [-0.25, -0.2) is 13.2 Å². The molecule has 0 radical (unpaired) electrons. The summed E-state index contributed by atoms with van der Waals surface area (Å²) in [4.78, 5) is 21.9. The zero-order valence-electron chi connectivity index (χ0n) is 13.0. The Hall–Kier alpha value is -3.13. The number of aliphatic carboxylic acids is 1. The summed E-state index contributed by atoms with van der Waals surface area (Å²) in [5.41, 5.74) is 1.13. The molecular formula is C17H16N2O5S. The third-order valence-electron chi connectivity index (χ3n) is 3.10. The first-order valence-electron chi connectivity index (χ1n) is 7.22. The van der Waals surface area contributed by atoms with Crippen LogP contribution in [0.3, 0.4) is 0 Å². The molecular weight excluding hydrogens is 344 g/mol. The Balaban J connectivity index is 1.96. The van der Waals surface area contributed by atoms with Gasteiger partial charge in [0.1, 0.15) is 0 Å². The highest BCUT2D eigenvalue weighted by atomic mass is 32.2. The minimum Gasteiger partial charge on any atom is -0.478 e. The lowest BCUT2D eigenvalue weighted by Gasteiger charge is -2.09. The van der Waals surface area contributed by atoms with E-state index in [0.717, 1.165) is 17.7 Å². The summed E-state index contributed by atoms with van der Waals surface area (Å²) >= 11 is 0. The number of amides is 1. The number of carboxylic acids is 1. The predicted molar refractivity (Wildman–Crippen MR) is 92.3 cm³/mol. The fourth-order valence-electron chi connectivity index (χ4n) is 1.90. The minimum absolute atomic E-state index is 0.163. The number of benzene rings is 2. The predicted octanol–water partition coefficient (Wildman–Crippen LogP) is 1.74. The van der Waals surface area contributed by atoms with Gasteiger partial charge in [0.15, 0.2) is 0 Å². The molecule has 0 bridgehead atoms. The smallest absolute Gasteiger partial charge is 0.328 e. The molecule has 130 valence electrons. The van der Waals surface area contributed by atoms with Gasteiger partial charge in [0.05, 0.1) is 4.90 Å². The van der Waals surface area contributed by atoms with Gasteiger partial charge < -0.3 is 10.4 Å². The van der Waals surface area contributed by atoms with Crippen molar-refractivity contribution in [2.24, 2.45) is 0 Å². The highest BCUT2D eigenvalue weighted by Crippen LogP contribution is 2.16. The van der Waals surface area contributed by atoms with Crippen LogP contribution in [0.25, 0.3) is 0 Å². The molecule has 0 saturated heterocycles. The third-order valence-corrected chi connectivity index (χ3v) is 4.50. The fourth-order valence-corrected chi connectivity index (χ4v) is 2.98. The van der Waals surface area contributed by atoms with Crippen LogP contribution in [0.15, 0.2) is 71.6 Å². The van der Waals surface area contributed by atoms with Gasteiger partial charge in [-0.2, -0.15) is 0 Å². The molecule has 3 N–H and O–H groups in total. The molecule has 1 amide bonds. The molecule has 0 heterocycles. The average Bonchev–Trinajstić information content (AvgIpc) is 2.60. The number of carboxylic acid groups (broad SMARTS) is 1. The van der Waals surface area contributed by atoms with Gasteiger partial charge in [0.2, 0.25) is 5.91 Å². The van der Waals surface area contributed by atoms with Gasteiger partial charge in [-0.1, -0.05) is 30.3 Å². The Morgan fingerprint density at radius 1 is 0.960 bits per heavy atom. The van der Waals surface area contributed by atoms with E-state index in [1.54, 1.807) is 42.5 Å². The number of sulfonamides is 1. The lowest BCUT2D eigenvalue weighted by atomic mass is 10.2. The van der Waals surface area contributed by atoms with Crippen molar-refractivity contribution >= 4 is 27.6 Å². The zero-order chi connectivity index (χ0) is 18.3. The number of carbonyl (C=O) groups is 2. The highest BCUT2D eigenvalue weighted by molar-refractivity contribution is 7.92. The maximum Gasteiger partial charge on any atom is 0.328 e. The second-order valence-corrected chi connectivity index (χ2v) is 6.69. The second kappa shape index (κ2) is 8.11. The quantitative estimate of drug-likeness (QED) is 0.651. The van der Waals surface area contributed by atoms with Gasteiger partial charge in [0.25, 0.3) is 10.0 Å². The Labute approximate surface area is 145 Å².